The van der Waals surface area contributed by atoms with Crippen molar-refractivity contribution in [3.05, 3.63) is 57.8 Å². The zero-order chi connectivity index (χ0) is 15.0. The van der Waals surface area contributed by atoms with Gasteiger partial charge >= 0.3 is 0 Å². The number of hydrogen-bond acceptors (Lipinski definition) is 2. The molecule has 2 aromatic carbocycles. The summed E-state index contributed by atoms with van der Waals surface area (Å²) in [6.07, 6.45) is 0. The summed E-state index contributed by atoms with van der Waals surface area (Å²) in [6, 6.07) is 13.8. The lowest BCUT2D eigenvalue weighted by atomic mass is 10.1. The minimum Gasteiger partial charge on any atom is -0.294 e. The number of hydrogen-bond donors (Lipinski definition) is 0. The van der Waals surface area contributed by atoms with Crippen molar-refractivity contribution in [3.63, 3.8) is 0 Å². The van der Waals surface area contributed by atoms with Crippen LogP contribution in [0.5, 0.6) is 0 Å². The summed E-state index contributed by atoms with van der Waals surface area (Å²) >= 11 is 9.53. The molecule has 0 spiro atoms. The number of fused-ring (bicyclic) bond motifs is 1. The van der Waals surface area contributed by atoms with E-state index in [4.69, 9.17) is 11.6 Å². The molecule has 0 aliphatic rings. The lowest BCUT2D eigenvalue weighted by Crippen LogP contribution is -2.03. The average Bonchev–Trinajstić information content (AvgIpc) is 2.87. The van der Waals surface area contributed by atoms with Crippen LogP contribution in [0.2, 0.25) is 0 Å². The second kappa shape index (κ2) is 5.51. The van der Waals surface area contributed by atoms with Gasteiger partial charge in [-0.3, -0.25) is 4.57 Å². The van der Waals surface area contributed by atoms with Crippen molar-refractivity contribution >= 4 is 38.6 Å². The summed E-state index contributed by atoms with van der Waals surface area (Å²) in [7, 11) is 0. The number of aryl methyl sites for hydroxylation is 1. The van der Waals surface area contributed by atoms with Crippen LogP contribution in [0, 0.1) is 18.3 Å². The molecular weight excluding hydrogens is 350 g/mol. The number of para-hydroxylation sites is 1. The predicted molar refractivity (Wildman–Crippen MR) is 87.8 cm³/mol. The van der Waals surface area contributed by atoms with Gasteiger partial charge in [0.15, 0.2) is 0 Å². The lowest BCUT2D eigenvalue weighted by molar-refractivity contribution is 0.974. The molecule has 0 atom stereocenters. The number of benzene rings is 2. The second-order valence-corrected chi connectivity index (χ2v) is 5.90. The Balaban J connectivity index is 2.45. The molecule has 3 nitrogen and oxygen atoms in total. The second-order valence-electron chi connectivity index (χ2n) is 4.71. The highest BCUT2D eigenvalue weighted by Gasteiger charge is 2.16. The van der Waals surface area contributed by atoms with Crippen molar-refractivity contribution in [2.45, 2.75) is 12.8 Å². The molecule has 0 saturated heterocycles. The Bertz CT molecular complexity index is 877. The summed E-state index contributed by atoms with van der Waals surface area (Å²) in [4.78, 5) is 4.58. The topological polar surface area (TPSA) is 41.6 Å². The molecule has 0 fully saturated rings. The van der Waals surface area contributed by atoms with E-state index in [-0.39, 0.29) is 5.88 Å². The van der Waals surface area contributed by atoms with E-state index < -0.39 is 0 Å². The van der Waals surface area contributed by atoms with E-state index in [1.807, 2.05) is 41.8 Å². The number of aromatic nitrogens is 2. The van der Waals surface area contributed by atoms with Gasteiger partial charge in [-0.1, -0.05) is 28.1 Å². The molecule has 0 N–H and O–H groups in total. The minimum absolute atomic E-state index is 0.283. The van der Waals surface area contributed by atoms with Crippen LogP contribution in [0.25, 0.3) is 16.7 Å². The Morgan fingerprint density at radius 1 is 1.33 bits per heavy atom. The number of nitriles is 1. The molecular formula is C16H11BrClN3. The number of imidazole rings is 1. The molecule has 104 valence electrons. The van der Waals surface area contributed by atoms with Crippen LogP contribution in [0.3, 0.4) is 0 Å². The van der Waals surface area contributed by atoms with Gasteiger partial charge in [0, 0.05) is 4.47 Å². The quantitative estimate of drug-likeness (QED) is 0.621. The molecule has 0 aliphatic carbocycles. The highest BCUT2D eigenvalue weighted by atomic mass is 79.9. The number of halogens is 2. The van der Waals surface area contributed by atoms with Gasteiger partial charge in [0.2, 0.25) is 0 Å². The van der Waals surface area contributed by atoms with E-state index in [9.17, 15) is 5.26 Å². The summed E-state index contributed by atoms with van der Waals surface area (Å²) in [6.45, 7) is 2.03. The van der Waals surface area contributed by atoms with Crippen molar-refractivity contribution in [3.8, 4) is 11.8 Å². The summed E-state index contributed by atoms with van der Waals surface area (Å²) < 4.78 is 2.88. The molecule has 1 heterocycles. The molecule has 3 rings (SSSR count). The van der Waals surface area contributed by atoms with Gasteiger partial charge in [-0.15, -0.1) is 11.6 Å². The zero-order valence-corrected chi connectivity index (χ0v) is 13.6. The number of rotatable bonds is 2. The van der Waals surface area contributed by atoms with E-state index in [1.54, 1.807) is 6.07 Å². The summed E-state index contributed by atoms with van der Waals surface area (Å²) in [5.41, 5.74) is 4.35. The van der Waals surface area contributed by atoms with E-state index >= 15 is 0 Å². The fourth-order valence-corrected chi connectivity index (χ4v) is 3.00. The standard InChI is InChI=1S/C16H11BrClN3/c1-10-3-2-4-13-16(10)21(15(8-18)20-13)14-7-12(17)6-5-11(14)9-19/h2-7H,8H2,1H3. The van der Waals surface area contributed by atoms with Gasteiger partial charge < -0.3 is 0 Å². The highest BCUT2D eigenvalue weighted by molar-refractivity contribution is 9.10. The maximum Gasteiger partial charge on any atom is 0.129 e. The molecule has 0 saturated carbocycles. The normalized spacial score (nSPS) is 10.8. The Hall–Kier alpha value is -1.83. The third-order valence-corrected chi connectivity index (χ3v) is 4.12. The molecule has 0 aliphatic heterocycles. The Labute approximate surface area is 135 Å². The first-order valence-corrected chi connectivity index (χ1v) is 7.71. The van der Waals surface area contributed by atoms with Crippen LogP contribution in [0.4, 0.5) is 0 Å². The SMILES string of the molecule is Cc1cccc2nc(CCl)n(-c3cc(Br)ccc3C#N)c12. The fourth-order valence-electron chi connectivity index (χ4n) is 2.48. The first kappa shape index (κ1) is 14.1. The Kier molecular flexibility index (Phi) is 3.71. The minimum atomic E-state index is 0.283. The zero-order valence-electron chi connectivity index (χ0n) is 11.3. The van der Waals surface area contributed by atoms with Crippen molar-refractivity contribution in [1.29, 1.82) is 5.26 Å². The van der Waals surface area contributed by atoms with Crippen LogP contribution < -0.4 is 0 Å². The van der Waals surface area contributed by atoms with Crippen molar-refractivity contribution in [1.82, 2.24) is 9.55 Å². The van der Waals surface area contributed by atoms with E-state index in [0.29, 0.717) is 5.56 Å². The third kappa shape index (κ3) is 2.33. The fraction of sp³-hybridized carbons (Fsp3) is 0.125. The number of alkyl halides is 1. The van der Waals surface area contributed by atoms with E-state index in [2.05, 4.69) is 27.0 Å². The molecule has 5 heteroatoms. The van der Waals surface area contributed by atoms with Gasteiger partial charge in [0.25, 0.3) is 0 Å². The predicted octanol–water partition coefficient (Wildman–Crippen LogP) is 4.71. The molecule has 21 heavy (non-hydrogen) atoms. The van der Waals surface area contributed by atoms with Gasteiger partial charge in [0.1, 0.15) is 11.9 Å². The lowest BCUT2D eigenvalue weighted by Gasteiger charge is -2.11. The molecule has 0 radical (unpaired) electrons. The van der Waals surface area contributed by atoms with Crippen LogP contribution in [0.15, 0.2) is 40.9 Å². The summed E-state index contributed by atoms with van der Waals surface area (Å²) in [5.74, 6) is 1.02. The van der Waals surface area contributed by atoms with Gasteiger partial charge in [0.05, 0.1) is 28.2 Å². The van der Waals surface area contributed by atoms with E-state index in [1.165, 1.54) is 0 Å². The first-order chi connectivity index (χ1) is 10.2. The molecule has 3 aromatic rings. The van der Waals surface area contributed by atoms with Crippen molar-refractivity contribution in [2.24, 2.45) is 0 Å². The molecule has 0 amide bonds. The van der Waals surface area contributed by atoms with Crippen LogP contribution in [-0.2, 0) is 5.88 Å². The maximum atomic E-state index is 9.38. The maximum absolute atomic E-state index is 9.38. The third-order valence-electron chi connectivity index (χ3n) is 3.39. The highest BCUT2D eigenvalue weighted by Crippen LogP contribution is 2.28. The molecule has 1 aromatic heterocycles. The summed E-state index contributed by atoms with van der Waals surface area (Å²) in [5, 5.41) is 9.38. The van der Waals surface area contributed by atoms with Gasteiger partial charge in [-0.2, -0.15) is 5.26 Å². The van der Waals surface area contributed by atoms with Gasteiger partial charge in [-0.05, 0) is 36.8 Å². The first-order valence-electron chi connectivity index (χ1n) is 6.38. The Morgan fingerprint density at radius 3 is 2.86 bits per heavy atom. The monoisotopic (exact) mass is 359 g/mol. The smallest absolute Gasteiger partial charge is 0.129 e. The van der Waals surface area contributed by atoms with Crippen molar-refractivity contribution in [2.75, 3.05) is 0 Å². The molecule has 0 bridgehead atoms. The van der Waals surface area contributed by atoms with E-state index in [0.717, 1.165) is 32.6 Å². The number of nitrogens with zero attached hydrogens (tertiary/aromatic N) is 3. The molecule has 0 unspecified atom stereocenters. The van der Waals surface area contributed by atoms with Crippen molar-refractivity contribution < 1.29 is 0 Å². The average molecular weight is 361 g/mol. The van der Waals surface area contributed by atoms with Gasteiger partial charge in [-0.25, -0.2) is 4.98 Å². The Morgan fingerprint density at radius 2 is 2.14 bits per heavy atom. The van der Waals surface area contributed by atoms with Crippen LogP contribution in [-0.4, -0.2) is 9.55 Å². The van der Waals surface area contributed by atoms with Crippen LogP contribution >= 0.6 is 27.5 Å². The van der Waals surface area contributed by atoms with Crippen LogP contribution in [0.1, 0.15) is 17.0 Å². The largest absolute Gasteiger partial charge is 0.294 e.